The molecule has 26 heavy (non-hydrogen) atoms. The number of hydrogen-bond donors (Lipinski definition) is 3. The van der Waals surface area contributed by atoms with Crippen LogP contribution in [0.1, 0.15) is 19.8 Å². The van der Waals surface area contributed by atoms with Gasteiger partial charge in [0.1, 0.15) is 5.92 Å². The number of hydrogen-bond acceptors (Lipinski definition) is 5. The van der Waals surface area contributed by atoms with Crippen LogP contribution >= 0.6 is 21.6 Å². The van der Waals surface area contributed by atoms with Crippen molar-refractivity contribution in [3.8, 4) is 0 Å². The molecule has 154 valence electrons. The molecule has 14 heteroatoms. The Morgan fingerprint density at radius 2 is 1.46 bits per heavy atom. The summed E-state index contributed by atoms with van der Waals surface area (Å²) in [6.07, 6.45) is -9.84. The number of alkyl halides is 6. The Labute approximate surface area is 152 Å². The molecule has 6 nitrogen and oxygen atoms in total. The van der Waals surface area contributed by atoms with E-state index in [1.165, 1.54) is 28.5 Å². The highest BCUT2D eigenvalue weighted by Gasteiger charge is 2.43. The van der Waals surface area contributed by atoms with Crippen molar-refractivity contribution in [1.29, 1.82) is 0 Å². The monoisotopic (exact) mass is 433 g/mol. The maximum absolute atomic E-state index is 12.4. The van der Waals surface area contributed by atoms with Gasteiger partial charge in [-0.05, 0) is 6.42 Å². The van der Waals surface area contributed by atoms with E-state index in [9.17, 15) is 35.9 Å². The summed E-state index contributed by atoms with van der Waals surface area (Å²) in [6.45, 7) is 1.45. The second-order valence-electron chi connectivity index (χ2n) is 4.38. The third-order valence-corrected chi connectivity index (χ3v) is 4.74. The Bertz CT molecular complexity index is 458. The molecule has 0 heterocycles. The zero-order valence-electron chi connectivity index (χ0n) is 13.3. The van der Waals surface area contributed by atoms with Gasteiger partial charge in [-0.2, -0.15) is 26.3 Å². The summed E-state index contributed by atoms with van der Waals surface area (Å²) < 4.78 is 68.9. The summed E-state index contributed by atoms with van der Waals surface area (Å²) in [6, 6.07) is 0. The van der Waals surface area contributed by atoms with Crippen molar-refractivity contribution < 1.29 is 50.9 Å². The maximum atomic E-state index is 12.4. The van der Waals surface area contributed by atoms with Crippen molar-refractivity contribution >= 4 is 39.4 Å². The van der Waals surface area contributed by atoms with Crippen LogP contribution in [0.3, 0.4) is 0 Å². The highest BCUT2D eigenvalue weighted by atomic mass is 33.1. The molecule has 0 radical (unpaired) electrons. The third-order valence-electron chi connectivity index (χ3n) is 2.33. The first kappa shape index (κ1) is 26.9. The zero-order valence-corrected chi connectivity index (χ0v) is 14.9. The fourth-order valence-electron chi connectivity index (χ4n) is 1.15. The highest BCUT2D eigenvalue weighted by molar-refractivity contribution is 8.76. The van der Waals surface area contributed by atoms with E-state index in [4.69, 9.17) is 15.0 Å². The van der Waals surface area contributed by atoms with E-state index in [1.54, 1.807) is 0 Å². The molecule has 0 aliphatic carbocycles. The molecule has 0 aromatic carbocycles. The van der Waals surface area contributed by atoms with Gasteiger partial charge in [-0.15, -0.1) is 0 Å². The van der Waals surface area contributed by atoms with E-state index in [-0.39, 0.29) is 19.4 Å². The fourth-order valence-corrected chi connectivity index (χ4v) is 3.04. The molecule has 0 aliphatic rings. The van der Waals surface area contributed by atoms with Crippen molar-refractivity contribution in [2.45, 2.75) is 32.1 Å². The number of rotatable bonds is 9. The van der Waals surface area contributed by atoms with Gasteiger partial charge in [-0.3, -0.25) is 9.59 Å². The van der Waals surface area contributed by atoms with Crippen LogP contribution in [0.25, 0.3) is 0 Å². The molecule has 0 aliphatic heterocycles. The molecule has 0 spiro atoms. The minimum atomic E-state index is -5.08. The van der Waals surface area contributed by atoms with Crippen LogP contribution < -0.4 is 5.32 Å². The molecule has 0 fully saturated rings. The van der Waals surface area contributed by atoms with Crippen molar-refractivity contribution in [3.63, 3.8) is 0 Å². The first-order valence-corrected chi connectivity index (χ1v) is 9.33. The van der Waals surface area contributed by atoms with E-state index >= 15 is 0 Å². The maximum Gasteiger partial charge on any atom is 0.490 e. The van der Waals surface area contributed by atoms with E-state index in [0.717, 1.165) is 0 Å². The first-order chi connectivity index (χ1) is 11.7. The molecular formula is C12H17F6NO5S2. The smallest absolute Gasteiger partial charge is 0.481 e. The zero-order chi connectivity index (χ0) is 21.0. The molecule has 1 atom stereocenters. The Morgan fingerprint density at radius 3 is 1.81 bits per heavy atom. The lowest BCUT2D eigenvalue weighted by atomic mass is 10.1. The van der Waals surface area contributed by atoms with Gasteiger partial charge in [-0.1, -0.05) is 28.5 Å². The summed E-state index contributed by atoms with van der Waals surface area (Å²) in [4.78, 5) is 30.4. The second-order valence-corrected chi connectivity index (χ2v) is 7.09. The minimum Gasteiger partial charge on any atom is -0.481 e. The molecule has 0 aromatic heterocycles. The summed E-state index contributed by atoms with van der Waals surface area (Å²) >= 11 is 0. The van der Waals surface area contributed by atoms with Crippen LogP contribution in [0.2, 0.25) is 0 Å². The molecule has 0 saturated carbocycles. The molecule has 0 bridgehead atoms. The van der Waals surface area contributed by atoms with Gasteiger partial charge in [0.2, 0.25) is 5.91 Å². The Kier molecular flexibility index (Phi) is 13.4. The normalized spacial score (nSPS) is 12.6. The minimum absolute atomic E-state index is 0.0377. The molecular weight excluding hydrogens is 416 g/mol. The van der Waals surface area contributed by atoms with Crippen LogP contribution in [-0.4, -0.2) is 58.5 Å². The number of carboxylic acid groups (broad SMARTS) is 2. The van der Waals surface area contributed by atoms with Crippen LogP contribution in [0, 0.1) is 5.92 Å². The van der Waals surface area contributed by atoms with Crippen molar-refractivity contribution in [1.82, 2.24) is 5.32 Å². The van der Waals surface area contributed by atoms with E-state index in [0.29, 0.717) is 11.5 Å². The average Bonchev–Trinajstić information content (AvgIpc) is 2.44. The molecule has 0 saturated heterocycles. The number of carbonyl (C=O) groups is 3. The number of aliphatic carboxylic acids is 2. The van der Waals surface area contributed by atoms with Crippen LogP contribution in [-0.2, 0) is 14.4 Å². The Hall–Kier alpha value is -1.31. The molecule has 0 aromatic rings. The number of halogens is 6. The summed E-state index contributed by atoms with van der Waals surface area (Å²) in [7, 11) is 2.64. The topological polar surface area (TPSA) is 104 Å². The van der Waals surface area contributed by atoms with Gasteiger partial charge < -0.3 is 15.5 Å². The predicted octanol–water partition coefficient (Wildman–Crippen LogP) is 3.18. The molecule has 0 rings (SSSR count). The number of nitrogens with one attached hydrogen (secondary N) is 1. The first-order valence-electron chi connectivity index (χ1n) is 6.84. The Morgan fingerprint density at radius 1 is 1.00 bits per heavy atom. The number of amides is 1. The largest absolute Gasteiger partial charge is 0.490 e. The van der Waals surface area contributed by atoms with Crippen molar-refractivity contribution in [3.05, 3.63) is 0 Å². The summed E-state index contributed by atoms with van der Waals surface area (Å²) in [5, 5.41) is 17.7. The van der Waals surface area contributed by atoms with Crippen molar-refractivity contribution in [2.75, 3.05) is 18.1 Å². The van der Waals surface area contributed by atoms with Gasteiger partial charge in [0.05, 0.1) is 6.42 Å². The van der Waals surface area contributed by atoms with Crippen LogP contribution in [0.15, 0.2) is 0 Å². The lowest BCUT2D eigenvalue weighted by Crippen LogP contribution is -2.39. The number of carboxylic acids is 2. The van der Waals surface area contributed by atoms with Gasteiger partial charge in [0, 0.05) is 18.1 Å². The summed E-state index contributed by atoms with van der Waals surface area (Å²) in [5.74, 6) is -5.76. The van der Waals surface area contributed by atoms with Gasteiger partial charge in [0.25, 0.3) is 0 Å². The van der Waals surface area contributed by atoms with Gasteiger partial charge in [-0.25, -0.2) is 4.79 Å². The average molecular weight is 433 g/mol. The molecule has 1 unspecified atom stereocenters. The van der Waals surface area contributed by atoms with E-state index in [2.05, 4.69) is 5.32 Å². The lowest BCUT2D eigenvalue weighted by Gasteiger charge is -2.17. The van der Waals surface area contributed by atoms with Gasteiger partial charge >= 0.3 is 24.3 Å². The standard InChI is InChI=1S/C10H16F3NO3S2.C2HF3O2/c1-2-7(10(11,12)13)9(17)14-4-6-19-18-5-3-8(15)16;3-2(4,5)1(6)7/h7H,2-6H2,1H3,(H,14,17)(H,15,16);(H,6,7). The molecule has 3 N–H and O–H groups in total. The summed E-state index contributed by atoms with van der Waals surface area (Å²) in [5.41, 5.74) is 0. The second kappa shape index (κ2) is 12.9. The van der Waals surface area contributed by atoms with E-state index < -0.39 is 36.1 Å². The van der Waals surface area contributed by atoms with Crippen LogP contribution in [0.5, 0.6) is 0 Å². The fraction of sp³-hybridized carbons (Fsp3) is 0.750. The quantitative estimate of drug-likeness (QED) is 0.292. The lowest BCUT2D eigenvalue weighted by molar-refractivity contribution is -0.192. The third kappa shape index (κ3) is 15.0. The van der Waals surface area contributed by atoms with Crippen molar-refractivity contribution in [2.24, 2.45) is 5.92 Å². The van der Waals surface area contributed by atoms with Gasteiger partial charge in [0.15, 0.2) is 0 Å². The Balaban J connectivity index is 0. The molecule has 1 amide bonds. The highest BCUT2D eigenvalue weighted by Crippen LogP contribution is 2.28. The van der Waals surface area contributed by atoms with Crippen LogP contribution in [0.4, 0.5) is 26.3 Å². The SMILES string of the molecule is CCC(C(=O)NCCSSCCC(=O)O)C(F)(F)F.O=C(O)C(F)(F)F. The predicted molar refractivity (Wildman–Crippen MR) is 83.7 cm³/mol. The number of carbonyl (C=O) groups excluding carboxylic acids is 1. The van der Waals surface area contributed by atoms with E-state index in [1.807, 2.05) is 0 Å².